The lowest BCUT2D eigenvalue weighted by molar-refractivity contribution is -0.160. The predicted octanol–water partition coefficient (Wildman–Crippen LogP) is 3.74. The first kappa shape index (κ1) is 21.9. The summed E-state index contributed by atoms with van der Waals surface area (Å²) >= 11 is 5.99. The Morgan fingerprint density at radius 2 is 1.83 bits per heavy atom. The summed E-state index contributed by atoms with van der Waals surface area (Å²) in [4.78, 5) is 29.8. The van der Waals surface area contributed by atoms with Crippen molar-refractivity contribution in [3.05, 3.63) is 58.7 Å². The zero-order chi connectivity index (χ0) is 21.9. The second-order valence-corrected chi connectivity index (χ2v) is 7.33. The van der Waals surface area contributed by atoms with Crippen molar-refractivity contribution in [1.29, 1.82) is 0 Å². The summed E-state index contributed by atoms with van der Waals surface area (Å²) in [7, 11) is 0. The van der Waals surface area contributed by atoms with Gasteiger partial charge in [0.05, 0.1) is 16.5 Å². The normalized spacial score (nSPS) is 16.2. The summed E-state index contributed by atoms with van der Waals surface area (Å²) < 4.78 is 43.7. The van der Waals surface area contributed by atoms with Crippen LogP contribution in [-0.4, -0.2) is 29.9 Å². The number of primary amides is 1. The molecule has 6 nitrogen and oxygen atoms in total. The van der Waals surface area contributed by atoms with Gasteiger partial charge in [-0.05, 0) is 18.9 Å². The van der Waals surface area contributed by atoms with Crippen molar-refractivity contribution in [1.82, 2.24) is 4.98 Å². The van der Waals surface area contributed by atoms with Crippen molar-refractivity contribution in [3.8, 4) is 0 Å². The van der Waals surface area contributed by atoms with Crippen molar-refractivity contribution in [3.63, 3.8) is 0 Å². The van der Waals surface area contributed by atoms with Crippen LogP contribution in [-0.2, 0) is 20.5 Å². The third kappa shape index (κ3) is 5.02. The number of halogens is 4. The molecule has 2 aromatic rings. The van der Waals surface area contributed by atoms with E-state index in [0.29, 0.717) is 31.5 Å². The largest absolute Gasteiger partial charge is 0.447 e. The minimum absolute atomic E-state index is 0.108. The van der Waals surface area contributed by atoms with Crippen LogP contribution in [0.5, 0.6) is 0 Å². The molecule has 0 saturated carbocycles. The van der Waals surface area contributed by atoms with Gasteiger partial charge in [-0.2, -0.15) is 13.2 Å². The van der Waals surface area contributed by atoms with Gasteiger partial charge in [-0.15, -0.1) is 0 Å². The van der Waals surface area contributed by atoms with Crippen molar-refractivity contribution in [2.24, 2.45) is 11.7 Å². The highest BCUT2D eigenvalue weighted by Gasteiger charge is 2.34. The van der Waals surface area contributed by atoms with Gasteiger partial charge < -0.3 is 15.4 Å². The summed E-state index contributed by atoms with van der Waals surface area (Å²) in [6.45, 7) is 0.703. The van der Waals surface area contributed by atoms with Crippen LogP contribution in [0.2, 0.25) is 5.02 Å². The molecule has 30 heavy (non-hydrogen) atoms. The van der Waals surface area contributed by atoms with Crippen molar-refractivity contribution >= 4 is 29.3 Å². The monoisotopic (exact) mass is 441 g/mol. The second kappa shape index (κ2) is 8.91. The Balaban J connectivity index is 1.62. The molecule has 1 amide bonds. The molecule has 1 fully saturated rings. The van der Waals surface area contributed by atoms with Crippen LogP contribution in [0.15, 0.2) is 42.6 Å². The fourth-order valence-electron chi connectivity index (χ4n) is 3.28. The molecular formula is C20H19ClF3N3O3. The maximum absolute atomic E-state index is 12.8. The van der Waals surface area contributed by atoms with E-state index in [-0.39, 0.29) is 10.8 Å². The lowest BCUT2D eigenvalue weighted by atomic mass is 9.96. The SMILES string of the molecule is NC(=O)[C@@H](OC(=O)C1CCN(c2ncc(C(F)(F)F)cc2Cl)CC1)c1ccccc1. The molecule has 1 atom stereocenters. The number of alkyl halides is 3. The van der Waals surface area contributed by atoms with Gasteiger partial charge in [-0.1, -0.05) is 41.9 Å². The Morgan fingerprint density at radius 1 is 1.20 bits per heavy atom. The van der Waals surface area contributed by atoms with Crippen LogP contribution < -0.4 is 10.6 Å². The smallest absolute Gasteiger partial charge is 0.417 e. The summed E-state index contributed by atoms with van der Waals surface area (Å²) in [5.41, 5.74) is 4.94. The molecule has 2 heterocycles. The van der Waals surface area contributed by atoms with E-state index in [4.69, 9.17) is 22.1 Å². The maximum atomic E-state index is 12.8. The summed E-state index contributed by atoms with van der Waals surface area (Å²) in [6, 6.07) is 9.30. The highest BCUT2D eigenvalue weighted by atomic mass is 35.5. The van der Waals surface area contributed by atoms with E-state index in [1.54, 1.807) is 35.2 Å². The second-order valence-electron chi connectivity index (χ2n) is 6.92. The van der Waals surface area contributed by atoms with Crippen LogP contribution in [0.1, 0.15) is 30.1 Å². The molecule has 2 N–H and O–H groups in total. The molecular weight excluding hydrogens is 423 g/mol. The molecule has 160 valence electrons. The highest BCUT2D eigenvalue weighted by molar-refractivity contribution is 6.33. The van der Waals surface area contributed by atoms with Crippen LogP contribution in [0, 0.1) is 5.92 Å². The van der Waals surface area contributed by atoms with Gasteiger partial charge in [0, 0.05) is 24.8 Å². The number of carbonyl (C=O) groups excluding carboxylic acids is 2. The minimum atomic E-state index is -4.53. The van der Waals surface area contributed by atoms with Crippen LogP contribution in [0.25, 0.3) is 0 Å². The first-order valence-corrected chi connectivity index (χ1v) is 9.57. The summed E-state index contributed by atoms with van der Waals surface area (Å²) in [5, 5.41) is -0.108. The quantitative estimate of drug-likeness (QED) is 0.714. The van der Waals surface area contributed by atoms with Gasteiger partial charge in [-0.3, -0.25) is 9.59 Å². The summed E-state index contributed by atoms with van der Waals surface area (Å²) in [5.74, 6) is -1.56. The minimum Gasteiger partial charge on any atom is -0.447 e. The molecule has 0 radical (unpaired) electrons. The average Bonchev–Trinajstić information content (AvgIpc) is 2.71. The first-order chi connectivity index (χ1) is 14.2. The van der Waals surface area contributed by atoms with Crippen LogP contribution in [0.4, 0.5) is 19.0 Å². The van der Waals surface area contributed by atoms with E-state index < -0.39 is 35.6 Å². The number of aromatic nitrogens is 1. The van der Waals surface area contributed by atoms with Crippen molar-refractivity contribution in [2.75, 3.05) is 18.0 Å². The number of ether oxygens (including phenoxy) is 1. The third-order valence-electron chi connectivity index (χ3n) is 4.87. The maximum Gasteiger partial charge on any atom is 0.417 e. The molecule has 0 unspecified atom stereocenters. The number of hydrogen-bond donors (Lipinski definition) is 1. The number of nitrogens with zero attached hydrogens (tertiary/aromatic N) is 2. The Labute approximate surface area is 175 Å². The number of benzene rings is 1. The van der Waals surface area contributed by atoms with Crippen LogP contribution in [0.3, 0.4) is 0 Å². The number of rotatable bonds is 5. The number of esters is 1. The standard InChI is InChI=1S/C20H19ClF3N3O3/c21-15-10-14(20(22,23)24)11-26-18(15)27-8-6-13(7-9-27)19(29)30-16(17(25)28)12-4-2-1-3-5-12/h1-5,10-11,13,16H,6-9H2,(H2,25,28)/t16-/m0/s1. The molecule has 1 aliphatic heterocycles. The first-order valence-electron chi connectivity index (χ1n) is 9.19. The fourth-order valence-corrected chi connectivity index (χ4v) is 3.56. The number of hydrogen-bond acceptors (Lipinski definition) is 5. The number of nitrogens with two attached hydrogens (primary N) is 1. The lowest BCUT2D eigenvalue weighted by Crippen LogP contribution is -2.38. The molecule has 10 heteroatoms. The van der Waals surface area contributed by atoms with Gasteiger partial charge in [0.1, 0.15) is 5.82 Å². The molecule has 0 bridgehead atoms. The van der Waals surface area contributed by atoms with E-state index in [0.717, 1.165) is 12.3 Å². The highest BCUT2D eigenvalue weighted by Crippen LogP contribution is 2.35. The van der Waals surface area contributed by atoms with Gasteiger partial charge in [0.2, 0.25) is 6.10 Å². The number of anilines is 1. The fraction of sp³-hybridized carbons (Fsp3) is 0.350. The van der Waals surface area contributed by atoms with E-state index in [9.17, 15) is 22.8 Å². The number of pyridine rings is 1. The molecule has 0 aliphatic carbocycles. The Bertz CT molecular complexity index is 917. The lowest BCUT2D eigenvalue weighted by Gasteiger charge is -2.32. The Hall–Kier alpha value is -2.81. The van der Waals surface area contributed by atoms with Gasteiger partial charge in [0.25, 0.3) is 5.91 Å². The number of carbonyl (C=O) groups is 2. The molecule has 1 saturated heterocycles. The molecule has 0 spiro atoms. The van der Waals surface area contributed by atoms with E-state index in [1.165, 1.54) is 0 Å². The molecule has 3 rings (SSSR count). The summed E-state index contributed by atoms with van der Waals surface area (Å²) in [6.07, 6.45) is -4.22. The molecule has 1 aliphatic rings. The Morgan fingerprint density at radius 3 is 2.37 bits per heavy atom. The van der Waals surface area contributed by atoms with Crippen molar-refractivity contribution < 1.29 is 27.5 Å². The van der Waals surface area contributed by atoms with E-state index in [2.05, 4.69) is 4.98 Å². The van der Waals surface area contributed by atoms with E-state index in [1.807, 2.05) is 0 Å². The predicted molar refractivity (Wildman–Crippen MR) is 104 cm³/mol. The van der Waals surface area contributed by atoms with Crippen molar-refractivity contribution in [2.45, 2.75) is 25.1 Å². The number of amides is 1. The zero-order valence-corrected chi connectivity index (χ0v) is 16.5. The molecule has 1 aromatic heterocycles. The van der Waals surface area contributed by atoms with Gasteiger partial charge >= 0.3 is 12.1 Å². The average molecular weight is 442 g/mol. The molecule has 1 aromatic carbocycles. The zero-order valence-electron chi connectivity index (χ0n) is 15.7. The van der Waals surface area contributed by atoms with Crippen LogP contribution >= 0.6 is 11.6 Å². The Kier molecular flexibility index (Phi) is 6.50. The van der Waals surface area contributed by atoms with E-state index >= 15 is 0 Å². The van der Waals surface area contributed by atoms with Gasteiger partial charge in [0.15, 0.2) is 0 Å². The van der Waals surface area contributed by atoms with Gasteiger partial charge in [-0.25, -0.2) is 4.98 Å². The number of piperidine rings is 1. The topological polar surface area (TPSA) is 85.5 Å². The third-order valence-corrected chi connectivity index (χ3v) is 5.15.